The Balaban J connectivity index is 1.43. The first kappa shape index (κ1) is 31.6. The fourth-order valence-electron chi connectivity index (χ4n) is 6.87. The van der Waals surface area contributed by atoms with Gasteiger partial charge < -0.3 is 28.3 Å². The van der Waals surface area contributed by atoms with Gasteiger partial charge >= 0.3 is 12.1 Å². The van der Waals surface area contributed by atoms with Crippen LogP contribution in [-0.4, -0.2) is 64.5 Å². The molecule has 1 aliphatic carbocycles. The van der Waals surface area contributed by atoms with E-state index in [0.29, 0.717) is 36.4 Å². The Morgan fingerprint density at radius 3 is 2.20 bits per heavy atom. The molecule has 6 rings (SSSR count). The highest BCUT2D eigenvalue weighted by molar-refractivity contribution is 6.99. The number of ether oxygens (including phenoxy) is 4. The van der Waals surface area contributed by atoms with Crippen LogP contribution >= 0.6 is 0 Å². The number of esters is 1. The van der Waals surface area contributed by atoms with Gasteiger partial charge in [0.25, 0.3) is 8.32 Å². The Morgan fingerprint density at radius 1 is 1.00 bits per heavy atom. The maximum absolute atomic E-state index is 13.6. The van der Waals surface area contributed by atoms with E-state index >= 15 is 0 Å². The maximum atomic E-state index is 13.6. The Bertz CT molecular complexity index is 1590. The lowest BCUT2D eigenvalue weighted by molar-refractivity contribution is -0.00290. The number of amides is 1. The van der Waals surface area contributed by atoms with Gasteiger partial charge in [-0.25, -0.2) is 9.59 Å². The number of carbonyl (C=O) groups excluding carboxylic acids is 2. The average Bonchev–Trinajstić information content (AvgIpc) is 3.52. The van der Waals surface area contributed by atoms with Gasteiger partial charge in [0.15, 0.2) is 17.6 Å². The summed E-state index contributed by atoms with van der Waals surface area (Å²) in [6, 6.07) is 24.5. The van der Waals surface area contributed by atoms with E-state index in [4.69, 9.17) is 23.4 Å². The number of allylic oxidation sites excluding steroid dienone is 1. The zero-order valence-corrected chi connectivity index (χ0v) is 27.9. The topological polar surface area (TPSA) is 83.5 Å². The molecule has 9 heteroatoms. The van der Waals surface area contributed by atoms with Crippen molar-refractivity contribution >= 4 is 36.3 Å². The van der Waals surface area contributed by atoms with E-state index in [1.165, 1.54) is 0 Å². The SMILES string of the molecule is C=CCOC(=O)N(C)CC[C@@H]1C=C2c3cc4c(cc3C(=O)O[C@H]2[C@@H](O[Si](c2ccccc2)(c2ccccc2)C(C)(C)C)C1)OCO4. The molecule has 0 N–H and O–H groups in total. The molecule has 1 amide bonds. The van der Waals surface area contributed by atoms with Crippen LogP contribution in [0.15, 0.2) is 91.5 Å². The van der Waals surface area contributed by atoms with Crippen molar-refractivity contribution in [2.24, 2.45) is 5.92 Å². The molecule has 3 aliphatic rings. The minimum absolute atomic E-state index is 0.0270. The summed E-state index contributed by atoms with van der Waals surface area (Å²) in [5.41, 5.74) is 2.11. The second kappa shape index (κ2) is 12.8. The van der Waals surface area contributed by atoms with E-state index in [1.54, 1.807) is 24.1 Å². The van der Waals surface area contributed by atoms with Gasteiger partial charge in [0.2, 0.25) is 6.79 Å². The standard InChI is InChI=1S/C37H41NO7Si/c1-6-19-41-36(40)38(5)18-17-25-20-29-28-22-31-32(43-24-42-31)23-30(28)35(39)44-34(29)33(21-25)45-46(37(2,3)4,26-13-9-7-10-14-26)27-15-11-8-12-16-27/h6-16,20,22-23,25,33-34H,1,17-19,21,24H2,2-5H3/t25-,33+,34-/m1/s1. The molecule has 3 atom stereocenters. The third-order valence-corrected chi connectivity index (χ3v) is 14.2. The van der Waals surface area contributed by atoms with Crippen molar-refractivity contribution in [2.45, 2.75) is 50.9 Å². The van der Waals surface area contributed by atoms with Crippen LogP contribution in [0.5, 0.6) is 11.5 Å². The smallest absolute Gasteiger partial charge is 0.409 e. The highest BCUT2D eigenvalue weighted by Crippen LogP contribution is 2.47. The summed E-state index contributed by atoms with van der Waals surface area (Å²) in [7, 11) is -1.27. The average molecular weight is 640 g/mol. The summed E-state index contributed by atoms with van der Waals surface area (Å²) in [6.07, 6.45) is 3.56. The van der Waals surface area contributed by atoms with Gasteiger partial charge in [-0.15, -0.1) is 0 Å². The van der Waals surface area contributed by atoms with Crippen molar-refractivity contribution < 1.29 is 33.0 Å². The van der Waals surface area contributed by atoms with Gasteiger partial charge in [-0.1, -0.05) is 100 Å². The third kappa shape index (κ3) is 5.85. The maximum Gasteiger partial charge on any atom is 0.409 e. The number of hydrogen-bond donors (Lipinski definition) is 0. The lowest BCUT2D eigenvalue weighted by Gasteiger charge is -2.48. The van der Waals surface area contributed by atoms with Crippen LogP contribution in [0.2, 0.25) is 5.04 Å². The Labute approximate surface area is 271 Å². The lowest BCUT2D eigenvalue weighted by atomic mass is 9.79. The molecule has 0 spiro atoms. The number of fused-ring (bicyclic) bond motifs is 4. The Hall–Kier alpha value is -4.34. The molecule has 3 aromatic carbocycles. The number of benzene rings is 3. The van der Waals surface area contributed by atoms with Crippen molar-refractivity contribution in [3.63, 3.8) is 0 Å². The second-order valence-corrected chi connectivity index (χ2v) is 17.3. The highest BCUT2D eigenvalue weighted by Gasteiger charge is 2.54. The number of nitrogens with zero attached hydrogens (tertiary/aromatic N) is 1. The molecular weight excluding hydrogens is 598 g/mol. The Morgan fingerprint density at radius 2 is 1.61 bits per heavy atom. The molecule has 240 valence electrons. The molecule has 0 bridgehead atoms. The molecule has 0 radical (unpaired) electrons. The van der Waals surface area contributed by atoms with Gasteiger partial charge in [0, 0.05) is 13.6 Å². The van der Waals surface area contributed by atoms with Crippen molar-refractivity contribution in [3.8, 4) is 11.5 Å². The number of rotatable bonds is 9. The summed E-state index contributed by atoms with van der Waals surface area (Å²) < 4.78 is 30.5. The lowest BCUT2D eigenvalue weighted by Crippen LogP contribution is -2.69. The van der Waals surface area contributed by atoms with Crippen molar-refractivity contribution in [1.82, 2.24) is 4.90 Å². The monoisotopic (exact) mass is 639 g/mol. The number of hydrogen-bond acceptors (Lipinski definition) is 7. The van der Waals surface area contributed by atoms with Crippen LogP contribution in [-0.2, 0) is 13.9 Å². The van der Waals surface area contributed by atoms with Crippen molar-refractivity contribution in [1.29, 1.82) is 0 Å². The first-order valence-electron chi connectivity index (χ1n) is 15.8. The van der Waals surface area contributed by atoms with Crippen LogP contribution < -0.4 is 19.8 Å². The molecular formula is C37H41NO7Si. The predicted octanol–water partition coefficient (Wildman–Crippen LogP) is 5.95. The van der Waals surface area contributed by atoms with Gasteiger partial charge in [-0.2, -0.15) is 0 Å². The van der Waals surface area contributed by atoms with E-state index in [-0.39, 0.29) is 24.4 Å². The molecule has 2 aliphatic heterocycles. The molecule has 0 saturated carbocycles. The minimum Gasteiger partial charge on any atom is -0.454 e. The van der Waals surface area contributed by atoms with Crippen LogP contribution in [0.1, 0.15) is 49.5 Å². The van der Waals surface area contributed by atoms with Crippen LogP contribution in [0.3, 0.4) is 0 Å². The summed E-state index contributed by atoms with van der Waals surface area (Å²) in [5, 5.41) is 2.03. The normalized spacial score (nSPS) is 20.1. The molecule has 8 nitrogen and oxygen atoms in total. The Kier molecular flexibility index (Phi) is 8.81. The number of carbonyl (C=O) groups is 2. The highest BCUT2D eigenvalue weighted by atomic mass is 28.4. The zero-order valence-electron chi connectivity index (χ0n) is 26.9. The van der Waals surface area contributed by atoms with E-state index in [0.717, 1.165) is 21.5 Å². The largest absolute Gasteiger partial charge is 0.454 e. The minimum atomic E-state index is -3.01. The molecule has 3 aromatic rings. The predicted molar refractivity (Wildman–Crippen MR) is 179 cm³/mol. The van der Waals surface area contributed by atoms with E-state index in [1.807, 2.05) is 18.2 Å². The summed E-state index contributed by atoms with van der Waals surface area (Å²) >= 11 is 0. The first-order valence-corrected chi connectivity index (χ1v) is 17.7. The molecule has 0 saturated heterocycles. The van der Waals surface area contributed by atoms with Crippen LogP contribution in [0.4, 0.5) is 4.79 Å². The van der Waals surface area contributed by atoms with Gasteiger partial charge in [0.1, 0.15) is 6.61 Å². The van der Waals surface area contributed by atoms with Gasteiger partial charge in [-0.3, -0.25) is 0 Å². The first-order chi connectivity index (χ1) is 22.1. The summed E-state index contributed by atoms with van der Waals surface area (Å²) in [5.74, 6) is 0.750. The summed E-state index contributed by atoms with van der Waals surface area (Å²) in [6.45, 7) is 11.1. The van der Waals surface area contributed by atoms with Crippen molar-refractivity contribution in [3.05, 3.63) is 103 Å². The molecule has 46 heavy (non-hydrogen) atoms. The molecule has 0 fully saturated rings. The second-order valence-electron chi connectivity index (χ2n) is 13.1. The van der Waals surface area contributed by atoms with Gasteiger partial charge in [0.05, 0.1) is 11.7 Å². The van der Waals surface area contributed by atoms with Crippen molar-refractivity contribution in [2.75, 3.05) is 27.0 Å². The van der Waals surface area contributed by atoms with E-state index < -0.39 is 32.6 Å². The van der Waals surface area contributed by atoms with Gasteiger partial charge in [-0.05, 0) is 57.4 Å². The fourth-order valence-corrected chi connectivity index (χ4v) is 11.6. The molecule has 2 heterocycles. The zero-order chi connectivity index (χ0) is 32.5. The molecule has 0 aromatic heterocycles. The fraction of sp³-hybridized carbons (Fsp3) is 0.351. The quantitative estimate of drug-likeness (QED) is 0.163. The molecule has 0 unspecified atom stereocenters. The van der Waals surface area contributed by atoms with Crippen LogP contribution in [0.25, 0.3) is 5.57 Å². The third-order valence-electron chi connectivity index (χ3n) is 9.09. The van der Waals surface area contributed by atoms with E-state index in [9.17, 15) is 9.59 Å². The van der Waals surface area contributed by atoms with Crippen LogP contribution in [0, 0.1) is 5.92 Å². The van der Waals surface area contributed by atoms with E-state index in [2.05, 4.69) is 82.0 Å². The summed E-state index contributed by atoms with van der Waals surface area (Å²) in [4.78, 5) is 27.7.